The number of halogens is 2. The Morgan fingerprint density at radius 3 is 2.44 bits per heavy atom. The lowest BCUT2D eigenvalue weighted by atomic mass is 9.97. The van der Waals surface area contributed by atoms with Gasteiger partial charge in [-0.1, -0.05) is 29.8 Å². The van der Waals surface area contributed by atoms with Crippen LogP contribution in [-0.4, -0.2) is 36.6 Å². The summed E-state index contributed by atoms with van der Waals surface area (Å²) >= 11 is 0. The van der Waals surface area contributed by atoms with Gasteiger partial charge in [0.05, 0.1) is 17.8 Å². The fraction of sp³-hybridized carbons (Fsp3) is 0.192. The molecule has 4 rings (SSSR count). The number of amides is 1. The third kappa shape index (κ3) is 4.46. The Morgan fingerprint density at radius 2 is 1.82 bits per heavy atom. The molecule has 0 aliphatic rings. The molecule has 5 nitrogen and oxygen atoms in total. The molecule has 0 spiro atoms. The number of alkyl halides is 1. The fourth-order valence-electron chi connectivity index (χ4n) is 4.00. The topological polar surface area (TPSA) is 62.6 Å². The summed E-state index contributed by atoms with van der Waals surface area (Å²) in [6.07, 6.45) is 1.49. The molecule has 3 aromatic carbocycles. The standard InChI is InChI=1S/C26H24F2N2O3S/c1-16-5-4-6-18(13-16)20-14-21-23(15-22(20)30(12-11-27)34(3)32)33-25(24(21)26(31)29-2)17-7-9-19(28)10-8-17/h4-10,13-15H,11-12H2,1-3H3,(H,29,31). The maximum Gasteiger partial charge on any atom is 0.255 e. The van der Waals surface area contributed by atoms with E-state index in [4.69, 9.17) is 4.42 Å². The van der Waals surface area contributed by atoms with E-state index in [1.807, 2.05) is 31.2 Å². The largest absolute Gasteiger partial charge is 0.455 e. The number of hydrogen-bond acceptors (Lipinski definition) is 3. The summed E-state index contributed by atoms with van der Waals surface area (Å²) < 4.78 is 47.0. The molecule has 1 heterocycles. The fourth-order valence-corrected chi connectivity index (χ4v) is 4.76. The van der Waals surface area contributed by atoms with Crippen molar-refractivity contribution in [3.8, 4) is 22.5 Å². The Bertz CT molecular complexity index is 1380. The summed E-state index contributed by atoms with van der Waals surface area (Å²) in [5.41, 5.74) is 4.28. The minimum absolute atomic E-state index is 0.0682. The number of nitrogens with one attached hydrogen (secondary N) is 1. The zero-order chi connectivity index (χ0) is 24.4. The van der Waals surface area contributed by atoms with Gasteiger partial charge in [-0.15, -0.1) is 0 Å². The highest BCUT2D eigenvalue weighted by Gasteiger charge is 2.25. The third-order valence-electron chi connectivity index (χ3n) is 5.56. The Labute approximate surface area is 199 Å². The average Bonchev–Trinajstić information content (AvgIpc) is 3.20. The first-order valence-corrected chi connectivity index (χ1v) is 12.2. The van der Waals surface area contributed by atoms with Gasteiger partial charge in [0.2, 0.25) is 0 Å². The quantitative estimate of drug-likeness (QED) is 0.371. The second kappa shape index (κ2) is 9.77. The molecule has 4 aromatic rings. The third-order valence-corrected chi connectivity index (χ3v) is 6.56. The van der Waals surface area contributed by atoms with Crippen molar-refractivity contribution < 1.29 is 22.2 Å². The molecule has 0 radical (unpaired) electrons. The zero-order valence-corrected chi connectivity index (χ0v) is 19.8. The van der Waals surface area contributed by atoms with Gasteiger partial charge in [-0.3, -0.25) is 9.10 Å². The van der Waals surface area contributed by atoms with Crippen LogP contribution in [0, 0.1) is 12.7 Å². The highest BCUT2D eigenvalue weighted by atomic mass is 32.2. The van der Waals surface area contributed by atoms with E-state index in [9.17, 15) is 17.8 Å². The molecular formula is C26H24F2N2O3S. The first kappa shape index (κ1) is 23.6. The number of carbonyl (C=O) groups excluding carboxylic acids is 1. The lowest BCUT2D eigenvalue weighted by molar-refractivity contribution is 0.0964. The molecule has 1 amide bonds. The second-order valence-corrected chi connectivity index (χ2v) is 9.13. The molecule has 0 aliphatic carbocycles. The molecule has 0 fully saturated rings. The molecule has 8 heteroatoms. The van der Waals surface area contributed by atoms with E-state index in [0.717, 1.165) is 11.1 Å². The molecule has 0 aliphatic heterocycles. The highest BCUT2D eigenvalue weighted by Crippen LogP contribution is 2.41. The SMILES string of the molecule is CNC(=O)c1c(-c2ccc(F)cc2)oc2cc(N(CCF)S(C)=O)c(-c3cccc(C)c3)cc12. The van der Waals surface area contributed by atoms with E-state index >= 15 is 0 Å². The number of furan rings is 1. The van der Waals surface area contributed by atoms with Crippen molar-refractivity contribution in [2.45, 2.75) is 6.92 Å². The Balaban J connectivity index is 2.07. The van der Waals surface area contributed by atoms with E-state index < -0.39 is 23.5 Å². The van der Waals surface area contributed by atoms with Crippen molar-refractivity contribution >= 4 is 33.5 Å². The molecule has 0 saturated heterocycles. The molecule has 1 atom stereocenters. The van der Waals surface area contributed by atoms with Crippen molar-refractivity contribution in [3.63, 3.8) is 0 Å². The summed E-state index contributed by atoms with van der Waals surface area (Å²) in [5, 5.41) is 3.19. The van der Waals surface area contributed by atoms with E-state index in [1.54, 1.807) is 24.3 Å². The normalized spacial score (nSPS) is 12.0. The summed E-state index contributed by atoms with van der Waals surface area (Å²) in [7, 11) is 0.0191. The number of carbonyl (C=O) groups is 1. The smallest absolute Gasteiger partial charge is 0.255 e. The van der Waals surface area contributed by atoms with Gasteiger partial charge in [0, 0.05) is 35.9 Å². The van der Waals surface area contributed by atoms with Crippen LogP contribution in [-0.2, 0) is 11.0 Å². The minimum atomic E-state index is -1.50. The van der Waals surface area contributed by atoms with Gasteiger partial charge in [0.25, 0.3) is 5.91 Å². The van der Waals surface area contributed by atoms with E-state index in [-0.39, 0.29) is 18.2 Å². The first-order chi connectivity index (χ1) is 16.3. The lowest BCUT2D eigenvalue weighted by Crippen LogP contribution is -2.27. The molecule has 0 bridgehead atoms. The summed E-state index contributed by atoms with van der Waals surface area (Å²) in [4.78, 5) is 12.9. The van der Waals surface area contributed by atoms with Crippen LogP contribution in [0.3, 0.4) is 0 Å². The van der Waals surface area contributed by atoms with Crippen LogP contribution < -0.4 is 9.62 Å². The number of nitrogens with zero attached hydrogens (tertiary/aromatic N) is 1. The van der Waals surface area contributed by atoms with Gasteiger partial charge in [-0.25, -0.2) is 13.0 Å². The van der Waals surface area contributed by atoms with E-state index in [0.29, 0.717) is 33.3 Å². The van der Waals surface area contributed by atoms with Crippen LogP contribution in [0.1, 0.15) is 15.9 Å². The predicted octanol–water partition coefficient (Wildman–Crippen LogP) is 5.64. The van der Waals surface area contributed by atoms with Crippen LogP contribution in [0.5, 0.6) is 0 Å². The minimum Gasteiger partial charge on any atom is -0.455 e. The number of benzene rings is 3. The highest BCUT2D eigenvalue weighted by molar-refractivity contribution is 7.85. The van der Waals surface area contributed by atoms with Crippen LogP contribution in [0.25, 0.3) is 33.4 Å². The Morgan fingerprint density at radius 1 is 1.09 bits per heavy atom. The van der Waals surface area contributed by atoms with Gasteiger partial charge in [0.1, 0.15) is 34.8 Å². The van der Waals surface area contributed by atoms with Gasteiger partial charge < -0.3 is 9.73 Å². The van der Waals surface area contributed by atoms with Crippen molar-refractivity contribution in [1.82, 2.24) is 5.32 Å². The predicted molar refractivity (Wildman–Crippen MR) is 133 cm³/mol. The number of aryl methyl sites for hydroxylation is 1. The van der Waals surface area contributed by atoms with Gasteiger partial charge in [-0.05, 0) is 42.8 Å². The van der Waals surface area contributed by atoms with Crippen molar-refractivity contribution in [2.24, 2.45) is 0 Å². The number of rotatable bonds is 7. The van der Waals surface area contributed by atoms with E-state index in [2.05, 4.69) is 5.32 Å². The zero-order valence-electron chi connectivity index (χ0n) is 19.0. The summed E-state index contributed by atoms with van der Waals surface area (Å²) in [6, 6.07) is 16.9. The van der Waals surface area contributed by atoms with Crippen molar-refractivity contribution in [1.29, 1.82) is 0 Å². The van der Waals surface area contributed by atoms with Gasteiger partial charge in [-0.2, -0.15) is 0 Å². The molecule has 1 aromatic heterocycles. The van der Waals surface area contributed by atoms with Crippen LogP contribution in [0.15, 0.2) is 65.1 Å². The number of hydrogen-bond donors (Lipinski definition) is 1. The Hall–Kier alpha value is -3.52. The molecule has 34 heavy (non-hydrogen) atoms. The number of anilines is 1. The van der Waals surface area contributed by atoms with Crippen molar-refractivity contribution in [2.75, 3.05) is 30.8 Å². The summed E-state index contributed by atoms with van der Waals surface area (Å²) in [5.74, 6) is -0.477. The molecule has 1 N–H and O–H groups in total. The number of fused-ring (bicyclic) bond motifs is 1. The maximum absolute atomic E-state index is 13.5. The monoisotopic (exact) mass is 482 g/mol. The first-order valence-electron chi connectivity index (χ1n) is 10.7. The van der Waals surface area contributed by atoms with Gasteiger partial charge in [0.15, 0.2) is 0 Å². The molecule has 0 saturated carbocycles. The Kier molecular flexibility index (Phi) is 6.79. The molecule has 176 valence electrons. The second-order valence-electron chi connectivity index (χ2n) is 7.84. The molecular weight excluding hydrogens is 458 g/mol. The van der Waals surface area contributed by atoms with Gasteiger partial charge >= 0.3 is 0 Å². The maximum atomic E-state index is 13.5. The van der Waals surface area contributed by atoms with Crippen LogP contribution >= 0.6 is 0 Å². The van der Waals surface area contributed by atoms with Crippen molar-refractivity contribution in [3.05, 3.63) is 77.6 Å². The summed E-state index contributed by atoms with van der Waals surface area (Å²) in [6.45, 7) is 1.20. The van der Waals surface area contributed by atoms with Crippen LogP contribution in [0.2, 0.25) is 0 Å². The lowest BCUT2D eigenvalue weighted by Gasteiger charge is -2.23. The average molecular weight is 483 g/mol. The van der Waals surface area contributed by atoms with E-state index in [1.165, 1.54) is 29.7 Å². The van der Waals surface area contributed by atoms with Crippen LogP contribution in [0.4, 0.5) is 14.5 Å². The molecule has 1 unspecified atom stereocenters.